The molecule has 0 aliphatic heterocycles. The van der Waals surface area contributed by atoms with Crippen LogP contribution in [0.5, 0.6) is 5.75 Å². The zero-order valence-electron chi connectivity index (χ0n) is 13.9. The molecule has 1 aliphatic rings. The van der Waals surface area contributed by atoms with E-state index in [9.17, 15) is 19.1 Å². The second kappa shape index (κ2) is 6.84. The number of methoxy groups -OCH3 is 1. The highest BCUT2D eigenvalue weighted by Crippen LogP contribution is 2.43. The van der Waals surface area contributed by atoms with Crippen molar-refractivity contribution in [1.29, 1.82) is 0 Å². The van der Waals surface area contributed by atoms with Crippen LogP contribution in [0.1, 0.15) is 56.8 Å². The number of ether oxygens (including phenoxy) is 1. The van der Waals surface area contributed by atoms with Crippen molar-refractivity contribution in [3.63, 3.8) is 0 Å². The van der Waals surface area contributed by atoms with Crippen molar-refractivity contribution in [2.24, 2.45) is 0 Å². The largest absolute Gasteiger partial charge is 0.497 e. The van der Waals surface area contributed by atoms with E-state index in [1.807, 2.05) is 6.92 Å². The van der Waals surface area contributed by atoms with E-state index in [0.717, 1.165) is 35.8 Å². The average molecular weight is 363 g/mol. The van der Waals surface area contributed by atoms with Crippen molar-refractivity contribution in [2.75, 3.05) is 12.4 Å². The Balaban J connectivity index is 1.95. The van der Waals surface area contributed by atoms with Gasteiger partial charge in [0.1, 0.15) is 16.6 Å². The first-order chi connectivity index (χ1) is 11.9. The Bertz CT molecular complexity index is 846. The minimum Gasteiger partial charge on any atom is -0.497 e. The maximum Gasteiger partial charge on any atom is 0.339 e. The van der Waals surface area contributed by atoms with Crippen molar-refractivity contribution in [3.8, 4) is 5.75 Å². The lowest BCUT2D eigenvalue weighted by Crippen LogP contribution is -2.16. The van der Waals surface area contributed by atoms with E-state index in [1.165, 1.54) is 30.6 Å². The number of carboxylic acids is 1. The number of carboxylic acid groups (broad SMARTS) is 1. The van der Waals surface area contributed by atoms with Crippen LogP contribution in [0.2, 0.25) is 0 Å². The molecule has 0 saturated heterocycles. The molecule has 25 heavy (non-hydrogen) atoms. The molecule has 3 rings (SSSR count). The van der Waals surface area contributed by atoms with E-state index in [1.54, 1.807) is 0 Å². The molecule has 1 amide bonds. The fourth-order valence-corrected chi connectivity index (χ4v) is 4.54. The number of halogens is 1. The van der Waals surface area contributed by atoms with Crippen LogP contribution in [-0.4, -0.2) is 24.1 Å². The number of aromatic carboxylic acids is 1. The predicted molar refractivity (Wildman–Crippen MR) is 93.5 cm³/mol. The molecule has 2 aromatic rings. The Morgan fingerprint density at radius 1 is 1.40 bits per heavy atom. The minimum absolute atomic E-state index is 0.134. The lowest BCUT2D eigenvalue weighted by atomic mass is 9.86. The molecule has 2 N–H and O–H groups in total. The highest BCUT2D eigenvalue weighted by molar-refractivity contribution is 7.17. The quantitative estimate of drug-likeness (QED) is 0.850. The summed E-state index contributed by atoms with van der Waals surface area (Å²) >= 11 is 1.27. The number of thiophene rings is 1. The van der Waals surface area contributed by atoms with Crippen LogP contribution in [-0.2, 0) is 6.42 Å². The van der Waals surface area contributed by atoms with Crippen LogP contribution < -0.4 is 10.1 Å². The third-order valence-corrected chi connectivity index (χ3v) is 5.60. The van der Waals surface area contributed by atoms with E-state index < -0.39 is 17.7 Å². The average Bonchev–Trinajstić information content (AvgIpc) is 2.94. The molecule has 132 valence electrons. The van der Waals surface area contributed by atoms with Crippen LogP contribution in [0.15, 0.2) is 18.2 Å². The van der Waals surface area contributed by atoms with Gasteiger partial charge in [-0.15, -0.1) is 11.3 Å². The normalized spacial score (nSPS) is 16.2. The molecule has 1 unspecified atom stereocenters. The molecule has 1 aromatic carbocycles. The first-order valence-corrected chi connectivity index (χ1v) is 8.77. The van der Waals surface area contributed by atoms with Crippen LogP contribution in [0.3, 0.4) is 0 Å². The Labute approximate surface area is 148 Å². The van der Waals surface area contributed by atoms with Crippen molar-refractivity contribution in [3.05, 3.63) is 45.6 Å². The third kappa shape index (κ3) is 3.24. The summed E-state index contributed by atoms with van der Waals surface area (Å²) in [4.78, 5) is 25.1. The Hall–Kier alpha value is -2.41. The molecule has 1 atom stereocenters. The Morgan fingerprint density at radius 2 is 2.16 bits per heavy atom. The van der Waals surface area contributed by atoms with Crippen LogP contribution in [0.25, 0.3) is 0 Å². The lowest BCUT2D eigenvalue weighted by molar-refractivity contribution is 0.0696. The molecule has 0 bridgehead atoms. The molecular weight excluding hydrogens is 345 g/mol. The number of fused-ring (bicyclic) bond motifs is 1. The molecule has 7 heteroatoms. The molecule has 1 heterocycles. The van der Waals surface area contributed by atoms with Crippen LogP contribution in [0.4, 0.5) is 9.39 Å². The SMILES string of the molecule is COc1ccc(C(=O)Nc2sc3c(c2C(=O)O)C(C)CCC3)c(F)c1. The number of benzene rings is 1. The summed E-state index contributed by atoms with van der Waals surface area (Å²) in [6.45, 7) is 1.99. The monoisotopic (exact) mass is 363 g/mol. The van der Waals surface area contributed by atoms with Gasteiger partial charge in [0.15, 0.2) is 0 Å². The first kappa shape index (κ1) is 17.4. The number of nitrogens with one attached hydrogen (secondary N) is 1. The highest BCUT2D eigenvalue weighted by atomic mass is 32.1. The summed E-state index contributed by atoms with van der Waals surface area (Å²) in [6, 6.07) is 3.92. The number of rotatable bonds is 4. The summed E-state index contributed by atoms with van der Waals surface area (Å²) in [6.07, 6.45) is 2.72. The Kier molecular flexibility index (Phi) is 4.76. The molecule has 0 spiro atoms. The third-order valence-electron chi connectivity index (χ3n) is 4.42. The molecular formula is C18H18FNO4S. The van der Waals surface area contributed by atoms with E-state index in [-0.39, 0.29) is 22.0 Å². The molecule has 0 fully saturated rings. The number of hydrogen-bond donors (Lipinski definition) is 2. The summed E-state index contributed by atoms with van der Waals surface area (Å²) in [5.74, 6) is -2.02. The standard InChI is InChI=1S/C18H18FNO4S/c1-9-4-3-5-13-14(9)15(18(22)23)17(25-13)20-16(21)11-7-6-10(24-2)8-12(11)19/h6-9H,3-5H2,1-2H3,(H,20,21)(H,22,23). The van der Waals surface area contributed by atoms with Gasteiger partial charge in [-0.05, 0) is 42.9 Å². The number of anilines is 1. The molecule has 0 saturated carbocycles. The van der Waals surface area contributed by atoms with Gasteiger partial charge < -0.3 is 15.2 Å². The first-order valence-electron chi connectivity index (χ1n) is 7.96. The van der Waals surface area contributed by atoms with Gasteiger partial charge in [0, 0.05) is 10.9 Å². The fraction of sp³-hybridized carbons (Fsp3) is 0.333. The number of hydrogen-bond acceptors (Lipinski definition) is 4. The van der Waals surface area contributed by atoms with Gasteiger partial charge in [-0.1, -0.05) is 6.92 Å². The van der Waals surface area contributed by atoms with Crippen LogP contribution >= 0.6 is 11.3 Å². The summed E-state index contributed by atoms with van der Waals surface area (Å²) < 4.78 is 19.0. The predicted octanol–water partition coefficient (Wildman–Crippen LogP) is 4.29. The van der Waals surface area contributed by atoms with E-state index in [0.29, 0.717) is 5.75 Å². The van der Waals surface area contributed by atoms with Crippen molar-refractivity contribution in [2.45, 2.75) is 32.1 Å². The van der Waals surface area contributed by atoms with Gasteiger partial charge in [0.05, 0.1) is 18.2 Å². The van der Waals surface area contributed by atoms with Gasteiger partial charge in [0.25, 0.3) is 5.91 Å². The Morgan fingerprint density at radius 3 is 2.80 bits per heavy atom. The minimum atomic E-state index is -1.07. The smallest absolute Gasteiger partial charge is 0.339 e. The number of amides is 1. The molecule has 5 nitrogen and oxygen atoms in total. The number of carbonyl (C=O) groups excluding carboxylic acids is 1. The van der Waals surface area contributed by atoms with Crippen LogP contribution in [0, 0.1) is 5.82 Å². The zero-order chi connectivity index (χ0) is 18.1. The van der Waals surface area contributed by atoms with E-state index in [2.05, 4.69) is 5.32 Å². The summed E-state index contributed by atoms with van der Waals surface area (Å²) in [7, 11) is 1.41. The fourth-order valence-electron chi connectivity index (χ4n) is 3.19. The molecule has 1 aliphatic carbocycles. The molecule has 0 radical (unpaired) electrons. The second-order valence-corrected chi connectivity index (χ2v) is 7.15. The highest BCUT2D eigenvalue weighted by Gasteiger charge is 2.30. The number of carbonyl (C=O) groups is 2. The topological polar surface area (TPSA) is 75.6 Å². The summed E-state index contributed by atoms with van der Waals surface area (Å²) in [5.41, 5.74) is 0.778. The van der Waals surface area contributed by atoms with Gasteiger partial charge in [-0.25, -0.2) is 9.18 Å². The van der Waals surface area contributed by atoms with Gasteiger partial charge in [-0.3, -0.25) is 4.79 Å². The molecule has 1 aromatic heterocycles. The van der Waals surface area contributed by atoms with E-state index >= 15 is 0 Å². The number of aryl methyl sites for hydroxylation is 1. The maximum absolute atomic E-state index is 14.1. The second-order valence-electron chi connectivity index (χ2n) is 6.04. The van der Waals surface area contributed by atoms with Gasteiger partial charge in [0.2, 0.25) is 0 Å². The zero-order valence-corrected chi connectivity index (χ0v) is 14.7. The van der Waals surface area contributed by atoms with Crippen molar-refractivity contribution >= 4 is 28.2 Å². The maximum atomic E-state index is 14.1. The van der Waals surface area contributed by atoms with Gasteiger partial charge >= 0.3 is 5.97 Å². The summed E-state index contributed by atoms with van der Waals surface area (Å²) in [5, 5.41) is 12.5. The van der Waals surface area contributed by atoms with Gasteiger partial charge in [-0.2, -0.15) is 0 Å². The van der Waals surface area contributed by atoms with Crippen molar-refractivity contribution < 1.29 is 23.8 Å². The lowest BCUT2D eigenvalue weighted by Gasteiger charge is -2.19. The van der Waals surface area contributed by atoms with Crippen molar-refractivity contribution in [1.82, 2.24) is 0 Å². The van der Waals surface area contributed by atoms with E-state index in [4.69, 9.17) is 4.74 Å².